The highest BCUT2D eigenvalue weighted by Gasteiger charge is 2.27. The van der Waals surface area contributed by atoms with Crippen LogP contribution in [0.5, 0.6) is 0 Å². The number of hydrogen-bond donors (Lipinski definition) is 4. The van der Waals surface area contributed by atoms with Crippen LogP contribution in [0.4, 0.5) is 0 Å². The van der Waals surface area contributed by atoms with Crippen LogP contribution in [0.1, 0.15) is 33.6 Å². The van der Waals surface area contributed by atoms with E-state index in [-0.39, 0.29) is 5.92 Å². The van der Waals surface area contributed by atoms with Gasteiger partial charge in [-0.3, -0.25) is 14.4 Å². The quantitative estimate of drug-likeness (QED) is 0.453. The van der Waals surface area contributed by atoms with Gasteiger partial charge in [-0.25, -0.2) is 0 Å². The van der Waals surface area contributed by atoms with Gasteiger partial charge in [-0.15, -0.1) is 0 Å². The van der Waals surface area contributed by atoms with E-state index in [1.807, 2.05) is 20.1 Å². The number of carbonyl (C=O) groups is 3. The molecule has 0 aromatic carbocycles. The van der Waals surface area contributed by atoms with E-state index in [0.29, 0.717) is 12.2 Å². The second kappa shape index (κ2) is 10.4. The average molecular weight is 333 g/mol. The number of carboxylic acid groups (broad SMARTS) is 1. The molecule has 0 aromatic heterocycles. The molecule has 0 saturated carbocycles. The minimum atomic E-state index is -1.13. The number of amides is 2. The molecule has 0 fully saturated rings. The number of carboxylic acids is 1. The maximum atomic E-state index is 12.1. The SMILES string of the molecule is CC[C@H](C)[C@H](N)C(=O)N[C@@H](CCSC)C(=O)N[C@@H](C)C(=O)O. The Morgan fingerprint density at radius 2 is 1.77 bits per heavy atom. The zero-order valence-corrected chi connectivity index (χ0v) is 14.4. The van der Waals surface area contributed by atoms with Crippen LogP contribution in [0, 0.1) is 5.92 Å². The van der Waals surface area contributed by atoms with Crippen LogP contribution < -0.4 is 16.4 Å². The second-order valence-corrected chi connectivity index (χ2v) is 6.31. The van der Waals surface area contributed by atoms with Crippen LogP contribution in [-0.4, -0.2) is 53.0 Å². The molecule has 0 radical (unpaired) electrons. The van der Waals surface area contributed by atoms with Gasteiger partial charge in [0.05, 0.1) is 6.04 Å². The molecule has 0 spiro atoms. The summed E-state index contributed by atoms with van der Waals surface area (Å²) < 4.78 is 0. The lowest BCUT2D eigenvalue weighted by atomic mass is 9.99. The van der Waals surface area contributed by atoms with E-state index in [1.54, 1.807) is 0 Å². The molecule has 8 heteroatoms. The number of aliphatic carboxylic acids is 1. The summed E-state index contributed by atoms with van der Waals surface area (Å²) in [5.41, 5.74) is 5.85. The average Bonchev–Trinajstić information content (AvgIpc) is 2.48. The minimum Gasteiger partial charge on any atom is -0.480 e. The number of carbonyl (C=O) groups excluding carboxylic acids is 2. The van der Waals surface area contributed by atoms with E-state index in [4.69, 9.17) is 10.8 Å². The molecule has 0 aliphatic rings. The van der Waals surface area contributed by atoms with Gasteiger partial charge in [-0.05, 0) is 31.3 Å². The van der Waals surface area contributed by atoms with Gasteiger partial charge in [0.15, 0.2) is 0 Å². The Labute approximate surface area is 135 Å². The summed E-state index contributed by atoms with van der Waals surface area (Å²) in [4.78, 5) is 35.0. The van der Waals surface area contributed by atoms with E-state index in [0.717, 1.165) is 6.42 Å². The Hall–Kier alpha value is -1.28. The van der Waals surface area contributed by atoms with Crippen LogP contribution in [0.3, 0.4) is 0 Å². The number of hydrogen-bond acceptors (Lipinski definition) is 5. The van der Waals surface area contributed by atoms with Crippen molar-refractivity contribution < 1.29 is 19.5 Å². The van der Waals surface area contributed by atoms with E-state index in [2.05, 4.69) is 10.6 Å². The standard InChI is InChI=1S/C14H27N3O4S/c1-5-8(2)11(15)13(19)17-10(6-7-22-4)12(18)16-9(3)14(20)21/h8-11H,5-7,15H2,1-4H3,(H,16,18)(H,17,19)(H,20,21)/t8-,9-,10-,11-/m0/s1. The van der Waals surface area contributed by atoms with Crippen molar-refractivity contribution in [2.75, 3.05) is 12.0 Å². The highest BCUT2D eigenvalue weighted by atomic mass is 32.2. The van der Waals surface area contributed by atoms with Gasteiger partial charge >= 0.3 is 5.97 Å². The number of rotatable bonds is 10. The maximum Gasteiger partial charge on any atom is 0.325 e. The Balaban J connectivity index is 4.79. The smallest absolute Gasteiger partial charge is 0.325 e. The Bertz CT molecular complexity index is 392. The van der Waals surface area contributed by atoms with Crippen LogP contribution in [0.15, 0.2) is 0 Å². The highest BCUT2D eigenvalue weighted by molar-refractivity contribution is 7.98. The van der Waals surface area contributed by atoms with Crippen molar-refractivity contribution in [1.82, 2.24) is 10.6 Å². The molecule has 5 N–H and O–H groups in total. The summed E-state index contributed by atoms with van der Waals surface area (Å²) in [7, 11) is 0. The van der Waals surface area contributed by atoms with Crippen molar-refractivity contribution in [2.45, 2.75) is 51.7 Å². The first kappa shape index (κ1) is 20.7. The maximum absolute atomic E-state index is 12.1. The van der Waals surface area contributed by atoms with Crippen molar-refractivity contribution in [1.29, 1.82) is 0 Å². The Morgan fingerprint density at radius 1 is 1.18 bits per heavy atom. The normalized spacial score (nSPS) is 16.2. The van der Waals surface area contributed by atoms with Crippen molar-refractivity contribution in [2.24, 2.45) is 11.7 Å². The first-order valence-corrected chi connectivity index (χ1v) is 8.72. The predicted octanol–water partition coefficient (Wildman–Crippen LogP) is 0.187. The predicted molar refractivity (Wildman–Crippen MR) is 87.6 cm³/mol. The first-order valence-electron chi connectivity index (χ1n) is 7.32. The lowest BCUT2D eigenvalue weighted by Gasteiger charge is -2.23. The molecular weight excluding hydrogens is 306 g/mol. The third kappa shape index (κ3) is 7.13. The van der Waals surface area contributed by atoms with Crippen LogP contribution in [0.2, 0.25) is 0 Å². The lowest BCUT2D eigenvalue weighted by molar-refractivity contribution is -0.141. The summed E-state index contributed by atoms with van der Waals surface area (Å²) in [5.74, 6) is -1.35. The van der Waals surface area contributed by atoms with Gasteiger partial charge in [-0.2, -0.15) is 11.8 Å². The zero-order valence-electron chi connectivity index (χ0n) is 13.6. The van der Waals surface area contributed by atoms with Crippen molar-refractivity contribution in [3.8, 4) is 0 Å². The summed E-state index contributed by atoms with van der Waals surface area (Å²) >= 11 is 1.54. The Morgan fingerprint density at radius 3 is 2.23 bits per heavy atom. The van der Waals surface area contributed by atoms with E-state index < -0.39 is 35.9 Å². The fraction of sp³-hybridized carbons (Fsp3) is 0.786. The molecule has 0 rings (SSSR count). The molecule has 0 aromatic rings. The molecule has 0 unspecified atom stereocenters. The molecule has 4 atom stereocenters. The molecule has 0 bridgehead atoms. The molecule has 0 aliphatic heterocycles. The van der Waals surface area contributed by atoms with E-state index in [1.165, 1.54) is 18.7 Å². The van der Waals surface area contributed by atoms with Gasteiger partial charge in [-0.1, -0.05) is 20.3 Å². The highest BCUT2D eigenvalue weighted by Crippen LogP contribution is 2.07. The molecule has 0 aliphatic carbocycles. The second-order valence-electron chi connectivity index (χ2n) is 5.32. The minimum absolute atomic E-state index is 0.00204. The van der Waals surface area contributed by atoms with Gasteiger partial charge in [0.25, 0.3) is 0 Å². The van der Waals surface area contributed by atoms with Crippen LogP contribution in [-0.2, 0) is 14.4 Å². The molecule has 0 heterocycles. The molecule has 0 saturated heterocycles. The van der Waals surface area contributed by atoms with Gasteiger partial charge in [0.2, 0.25) is 11.8 Å². The Kier molecular flexibility index (Phi) is 9.84. The lowest BCUT2D eigenvalue weighted by Crippen LogP contribution is -2.55. The van der Waals surface area contributed by atoms with E-state index in [9.17, 15) is 14.4 Å². The molecule has 7 nitrogen and oxygen atoms in total. The largest absolute Gasteiger partial charge is 0.480 e. The summed E-state index contributed by atoms with van der Waals surface area (Å²) in [6.07, 6.45) is 3.06. The van der Waals surface area contributed by atoms with Gasteiger partial charge < -0.3 is 21.5 Å². The molecule has 128 valence electrons. The van der Waals surface area contributed by atoms with Crippen molar-refractivity contribution >= 4 is 29.5 Å². The molecule has 2 amide bonds. The number of nitrogens with two attached hydrogens (primary N) is 1. The fourth-order valence-electron chi connectivity index (χ4n) is 1.66. The summed E-state index contributed by atoms with van der Waals surface area (Å²) in [6.45, 7) is 5.18. The zero-order chi connectivity index (χ0) is 17.3. The monoisotopic (exact) mass is 333 g/mol. The third-order valence-electron chi connectivity index (χ3n) is 3.53. The van der Waals surface area contributed by atoms with Gasteiger partial charge in [0, 0.05) is 0 Å². The summed E-state index contributed by atoms with van der Waals surface area (Å²) in [6, 6.07) is -2.48. The van der Waals surface area contributed by atoms with Crippen LogP contribution in [0.25, 0.3) is 0 Å². The van der Waals surface area contributed by atoms with Crippen molar-refractivity contribution in [3.05, 3.63) is 0 Å². The fourth-order valence-corrected chi connectivity index (χ4v) is 2.13. The first-order chi connectivity index (χ1) is 10.2. The number of nitrogens with one attached hydrogen (secondary N) is 2. The van der Waals surface area contributed by atoms with E-state index >= 15 is 0 Å². The van der Waals surface area contributed by atoms with Gasteiger partial charge in [0.1, 0.15) is 12.1 Å². The topological polar surface area (TPSA) is 122 Å². The molecule has 22 heavy (non-hydrogen) atoms. The molecular formula is C14H27N3O4S. The third-order valence-corrected chi connectivity index (χ3v) is 4.18. The number of thioether (sulfide) groups is 1. The summed E-state index contributed by atoms with van der Waals surface area (Å²) in [5, 5.41) is 13.8. The van der Waals surface area contributed by atoms with Crippen molar-refractivity contribution in [3.63, 3.8) is 0 Å². The van der Waals surface area contributed by atoms with Crippen LogP contribution >= 0.6 is 11.8 Å².